The number of hydrogen-bond acceptors (Lipinski definition) is 4. The van der Waals surface area contributed by atoms with Crippen LogP contribution in [-0.4, -0.2) is 22.9 Å². The molecule has 0 fully saturated rings. The number of hydrazine groups is 1. The molecule has 0 aliphatic rings. The van der Waals surface area contributed by atoms with Crippen LogP contribution in [-0.2, 0) is 11.3 Å². The fourth-order valence-corrected chi connectivity index (χ4v) is 2.93. The first kappa shape index (κ1) is 20.9. The third-order valence-electron chi connectivity index (χ3n) is 4.52. The molecule has 2 amide bonds. The summed E-state index contributed by atoms with van der Waals surface area (Å²) in [5.41, 5.74) is 8.11. The first-order valence-corrected chi connectivity index (χ1v) is 9.57. The lowest BCUT2D eigenvalue weighted by Crippen LogP contribution is -2.46. The van der Waals surface area contributed by atoms with Crippen molar-refractivity contribution in [2.45, 2.75) is 20.4 Å². The van der Waals surface area contributed by atoms with Crippen molar-refractivity contribution in [1.29, 1.82) is 0 Å². The quantitative estimate of drug-likeness (QED) is 0.550. The lowest BCUT2D eigenvalue weighted by molar-refractivity contribution is -0.120. The molecule has 0 bridgehead atoms. The maximum atomic E-state index is 12.7. The van der Waals surface area contributed by atoms with Gasteiger partial charge in [0.15, 0.2) is 0 Å². The Morgan fingerprint density at radius 1 is 0.900 bits per heavy atom. The average molecular weight is 404 g/mol. The minimum atomic E-state index is -0.665. The van der Waals surface area contributed by atoms with Crippen molar-refractivity contribution in [1.82, 2.24) is 15.4 Å². The number of nitrogens with zero attached hydrogens (tertiary/aromatic N) is 1. The second-order valence-corrected chi connectivity index (χ2v) is 7.07. The lowest BCUT2D eigenvalue weighted by Gasteiger charge is -2.11. The number of nitrogens with one attached hydrogen (secondary N) is 3. The van der Waals surface area contributed by atoms with Gasteiger partial charge < -0.3 is 9.88 Å². The summed E-state index contributed by atoms with van der Waals surface area (Å²) in [4.78, 5) is 37.0. The zero-order valence-corrected chi connectivity index (χ0v) is 16.9. The van der Waals surface area contributed by atoms with Crippen LogP contribution in [0.1, 0.15) is 27.0 Å². The van der Waals surface area contributed by atoms with Crippen LogP contribution in [0.3, 0.4) is 0 Å². The second kappa shape index (κ2) is 9.56. The highest BCUT2D eigenvalue weighted by Gasteiger charge is 2.13. The van der Waals surface area contributed by atoms with E-state index in [0.29, 0.717) is 6.54 Å². The number of pyridine rings is 1. The largest absolute Gasteiger partial charge is 0.376 e. The highest BCUT2D eigenvalue weighted by atomic mass is 16.2. The van der Waals surface area contributed by atoms with Gasteiger partial charge in [-0.1, -0.05) is 47.5 Å². The van der Waals surface area contributed by atoms with E-state index in [4.69, 9.17) is 0 Å². The number of aryl methyl sites for hydroxylation is 2. The van der Waals surface area contributed by atoms with Gasteiger partial charge in [-0.15, -0.1) is 0 Å². The molecule has 0 radical (unpaired) electrons. The molecule has 154 valence electrons. The van der Waals surface area contributed by atoms with Gasteiger partial charge in [0.25, 0.3) is 17.4 Å². The molecule has 30 heavy (non-hydrogen) atoms. The molecule has 0 atom stereocenters. The van der Waals surface area contributed by atoms with E-state index in [0.717, 1.165) is 22.4 Å². The number of anilines is 1. The van der Waals surface area contributed by atoms with E-state index >= 15 is 0 Å². The number of aromatic nitrogens is 1. The van der Waals surface area contributed by atoms with E-state index < -0.39 is 17.4 Å². The lowest BCUT2D eigenvalue weighted by atomic mass is 10.1. The van der Waals surface area contributed by atoms with Gasteiger partial charge in [0, 0.05) is 11.9 Å². The monoisotopic (exact) mass is 404 g/mol. The van der Waals surface area contributed by atoms with Gasteiger partial charge in [-0.3, -0.25) is 25.2 Å². The average Bonchev–Trinajstić information content (AvgIpc) is 2.73. The summed E-state index contributed by atoms with van der Waals surface area (Å²) in [5, 5.41) is 2.96. The molecule has 3 N–H and O–H groups in total. The Bertz CT molecular complexity index is 1100. The molecule has 7 heteroatoms. The fourth-order valence-electron chi connectivity index (χ4n) is 2.93. The van der Waals surface area contributed by atoms with Gasteiger partial charge >= 0.3 is 0 Å². The maximum absolute atomic E-state index is 12.7. The van der Waals surface area contributed by atoms with Crippen LogP contribution < -0.4 is 21.7 Å². The highest BCUT2D eigenvalue weighted by Crippen LogP contribution is 2.08. The van der Waals surface area contributed by atoms with Gasteiger partial charge in [-0.2, -0.15) is 0 Å². The predicted molar refractivity (Wildman–Crippen MR) is 116 cm³/mol. The molecule has 3 aromatic rings. The fraction of sp³-hybridized carbons (Fsp3) is 0.174. The molecule has 0 unspecified atom stereocenters. The van der Waals surface area contributed by atoms with E-state index in [1.54, 1.807) is 12.3 Å². The Kier molecular flexibility index (Phi) is 6.64. The number of benzene rings is 2. The molecule has 0 aliphatic heterocycles. The molecule has 2 aromatic carbocycles. The van der Waals surface area contributed by atoms with E-state index in [1.165, 1.54) is 10.6 Å². The summed E-state index contributed by atoms with van der Waals surface area (Å²) >= 11 is 0. The van der Waals surface area contributed by atoms with Crippen molar-refractivity contribution in [3.8, 4) is 0 Å². The first-order chi connectivity index (χ1) is 14.4. The molecule has 0 spiro atoms. The molecular formula is C23H24N4O3. The number of carbonyl (C=O) groups is 2. The van der Waals surface area contributed by atoms with E-state index in [-0.39, 0.29) is 12.1 Å². The Morgan fingerprint density at radius 2 is 1.67 bits per heavy atom. The first-order valence-electron chi connectivity index (χ1n) is 9.57. The van der Waals surface area contributed by atoms with Crippen LogP contribution in [0, 0.1) is 13.8 Å². The predicted octanol–water partition coefficient (Wildman–Crippen LogP) is 2.39. The molecule has 0 saturated heterocycles. The Balaban J connectivity index is 1.58. The molecule has 0 saturated carbocycles. The van der Waals surface area contributed by atoms with Crippen molar-refractivity contribution in [3.63, 3.8) is 0 Å². The van der Waals surface area contributed by atoms with Crippen LogP contribution in [0.25, 0.3) is 0 Å². The Morgan fingerprint density at radius 3 is 2.40 bits per heavy atom. The summed E-state index contributed by atoms with van der Waals surface area (Å²) in [7, 11) is 0. The number of amides is 2. The standard InChI is InChI=1S/C23H24N4O3/c1-16-8-10-19(11-9-16)24-14-21(28)25-26-22(29)20-7-4-12-27(23(20)30)15-18-6-3-5-17(2)13-18/h3-13,24H,14-15H2,1-2H3,(H,25,28)(H,26,29). The molecule has 1 heterocycles. The van der Waals surface area contributed by atoms with Crippen molar-refractivity contribution >= 4 is 17.5 Å². The van der Waals surface area contributed by atoms with E-state index in [2.05, 4.69) is 16.2 Å². The molecule has 0 aliphatic carbocycles. The molecule has 3 rings (SSSR count). The minimum absolute atomic E-state index is 0.0181. The van der Waals surface area contributed by atoms with Gasteiger partial charge in [-0.05, 0) is 43.7 Å². The van der Waals surface area contributed by atoms with Crippen molar-refractivity contribution in [2.24, 2.45) is 0 Å². The van der Waals surface area contributed by atoms with Gasteiger partial charge in [0.2, 0.25) is 0 Å². The van der Waals surface area contributed by atoms with Crippen LogP contribution in [0.15, 0.2) is 71.7 Å². The van der Waals surface area contributed by atoms with Crippen LogP contribution >= 0.6 is 0 Å². The summed E-state index contributed by atoms with van der Waals surface area (Å²) in [6, 6.07) is 18.5. The topological polar surface area (TPSA) is 92.2 Å². The summed E-state index contributed by atoms with van der Waals surface area (Å²) < 4.78 is 1.46. The zero-order chi connectivity index (χ0) is 21.5. The van der Waals surface area contributed by atoms with Gasteiger partial charge in [0.1, 0.15) is 5.56 Å². The Labute approximate surface area is 174 Å². The van der Waals surface area contributed by atoms with Gasteiger partial charge in [-0.25, -0.2) is 0 Å². The number of carbonyl (C=O) groups excluding carboxylic acids is 2. The normalized spacial score (nSPS) is 10.3. The minimum Gasteiger partial charge on any atom is -0.376 e. The summed E-state index contributed by atoms with van der Waals surface area (Å²) in [5.74, 6) is -1.10. The van der Waals surface area contributed by atoms with Crippen molar-refractivity contribution < 1.29 is 9.59 Å². The summed E-state index contributed by atoms with van der Waals surface area (Å²) in [6.07, 6.45) is 1.63. The Hall–Kier alpha value is -3.87. The molecule has 1 aromatic heterocycles. The van der Waals surface area contributed by atoms with Crippen LogP contribution in [0.2, 0.25) is 0 Å². The summed E-state index contributed by atoms with van der Waals surface area (Å²) in [6.45, 7) is 4.29. The van der Waals surface area contributed by atoms with Crippen molar-refractivity contribution in [2.75, 3.05) is 11.9 Å². The van der Waals surface area contributed by atoms with Crippen LogP contribution in [0.5, 0.6) is 0 Å². The third kappa shape index (κ3) is 5.57. The SMILES string of the molecule is Cc1ccc(NCC(=O)NNC(=O)c2cccn(Cc3cccc(C)c3)c2=O)cc1. The molecule has 7 nitrogen and oxygen atoms in total. The van der Waals surface area contributed by atoms with Crippen molar-refractivity contribution in [3.05, 3.63) is 99.5 Å². The second-order valence-electron chi connectivity index (χ2n) is 7.07. The van der Waals surface area contributed by atoms with Gasteiger partial charge in [0.05, 0.1) is 13.1 Å². The highest BCUT2D eigenvalue weighted by molar-refractivity contribution is 5.95. The zero-order valence-electron chi connectivity index (χ0n) is 16.9. The number of hydrogen-bond donors (Lipinski definition) is 3. The molecular weight excluding hydrogens is 380 g/mol. The van der Waals surface area contributed by atoms with E-state index in [1.807, 2.05) is 62.4 Å². The third-order valence-corrected chi connectivity index (χ3v) is 4.52. The number of rotatable bonds is 6. The maximum Gasteiger partial charge on any atom is 0.275 e. The van der Waals surface area contributed by atoms with E-state index in [9.17, 15) is 14.4 Å². The smallest absolute Gasteiger partial charge is 0.275 e. The van der Waals surface area contributed by atoms with Crippen LogP contribution in [0.4, 0.5) is 5.69 Å².